The highest BCUT2D eigenvalue weighted by Gasteiger charge is 2.42. The van der Waals surface area contributed by atoms with Gasteiger partial charge in [0.1, 0.15) is 0 Å². The number of carbonyl (C=O) groups is 2. The minimum atomic E-state index is -5.00. The van der Waals surface area contributed by atoms with Crippen molar-refractivity contribution in [1.82, 2.24) is 10.6 Å². The van der Waals surface area contributed by atoms with Gasteiger partial charge in [-0.15, -0.1) is 11.3 Å². The van der Waals surface area contributed by atoms with Crippen LogP contribution in [0.4, 0.5) is 26.3 Å². The van der Waals surface area contributed by atoms with Crippen molar-refractivity contribution in [3.05, 3.63) is 62.9 Å². The van der Waals surface area contributed by atoms with Gasteiger partial charge in [-0.1, -0.05) is 12.1 Å². The van der Waals surface area contributed by atoms with Gasteiger partial charge in [-0.2, -0.15) is 38.1 Å². The maximum Gasteiger partial charge on any atom is 0.416 e. The fraction of sp³-hybridized carbons (Fsp3) is 0.333. The predicted molar refractivity (Wildman–Crippen MR) is 117 cm³/mol. The zero-order valence-electron chi connectivity index (χ0n) is 17.4. The van der Waals surface area contributed by atoms with Gasteiger partial charge < -0.3 is 10.6 Å². The number of carbonyl (C=O) groups excluding carboxylic acids is 2. The number of hydrogen-bond acceptors (Lipinski definition) is 4. The summed E-state index contributed by atoms with van der Waals surface area (Å²) in [6.45, 7) is 2.07. The normalized spacial score (nSPS) is 13.2. The number of rotatable bonds is 8. The molecule has 4 nitrogen and oxygen atoms in total. The summed E-state index contributed by atoms with van der Waals surface area (Å²) in [5, 5.41) is 4.46. The van der Waals surface area contributed by atoms with Gasteiger partial charge in [-0.25, -0.2) is 0 Å². The summed E-state index contributed by atoms with van der Waals surface area (Å²) in [5.41, 5.74) is -1.14. The second-order valence-corrected chi connectivity index (χ2v) is 8.94. The van der Waals surface area contributed by atoms with Crippen LogP contribution in [0.25, 0.3) is 6.08 Å². The van der Waals surface area contributed by atoms with Crippen molar-refractivity contribution >= 4 is 41.0 Å². The molecule has 1 heterocycles. The molecule has 2 rings (SSSR count). The molecule has 33 heavy (non-hydrogen) atoms. The SMILES string of the molecule is CSCC(=O)NCc1sc(/C=C/C(=O)NC(c2cccc(C(F)(F)F)c2)C(F)(F)F)cc1C. The molecule has 12 heteroatoms. The van der Waals surface area contributed by atoms with Crippen LogP contribution in [-0.2, 0) is 22.3 Å². The summed E-state index contributed by atoms with van der Waals surface area (Å²) in [6.07, 6.45) is -5.84. The van der Waals surface area contributed by atoms with Crippen molar-refractivity contribution in [2.45, 2.75) is 31.9 Å². The van der Waals surface area contributed by atoms with Crippen LogP contribution in [0.15, 0.2) is 36.4 Å². The number of amides is 2. The lowest BCUT2D eigenvalue weighted by molar-refractivity contribution is -0.162. The number of halogens is 6. The van der Waals surface area contributed by atoms with E-state index in [0.717, 1.165) is 28.6 Å². The summed E-state index contributed by atoms with van der Waals surface area (Å²) in [5.74, 6) is -0.945. The Balaban J connectivity index is 2.12. The molecule has 0 spiro atoms. The van der Waals surface area contributed by atoms with Gasteiger partial charge in [0, 0.05) is 15.8 Å². The summed E-state index contributed by atoms with van der Waals surface area (Å²) in [4.78, 5) is 25.1. The quantitative estimate of drug-likeness (QED) is 0.365. The number of alkyl halides is 6. The van der Waals surface area contributed by atoms with Gasteiger partial charge in [-0.05, 0) is 48.6 Å². The van der Waals surface area contributed by atoms with Gasteiger partial charge in [-0.3, -0.25) is 9.59 Å². The second-order valence-electron chi connectivity index (χ2n) is 6.90. The van der Waals surface area contributed by atoms with Gasteiger partial charge in [0.25, 0.3) is 0 Å². The summed E-state index contributed by atoms with van der Waals surface area (Å²) < 4.78 is 79.0. The third kappa shape index (κ3) is 8.11. The van der Waals surface area contributed by atoms with Crippen LogP contribution in [0.1, 0.15) is 32.5 Å². The predicted octanol–water partition coefficient (Wildman–Crippen LogP) is 5.49. The maximum absolute atomic E-state index is 13.5. The molecule has 1 aromatic heterocycles. The van der Waals surface area contributed by atoms with Crippen molar-refractivity contribution in [2.24, 2.45) is 0 Å². The number of thioether (sulfide) groups is 1. The molecular formula is C21H20F6N2O2S2. The Kier molecular flexibility index (Phi) is 9.01. The molecule has 2 aromatic rings. The van der Waals surface area contributed by atoms with Gasteiger partial charge in [0.15, 0.2) is 6.04 Å². The lowest BCUT2D eigenvalue weighted by atomic mass is 10.0. The van der Waals surface area contributed by atoms with Crippen LogP contribution in [0, 0.1) is 6.92 Å². The Bertz CT molecular complexity index is 1010. The summed E-state index contributed by atoms with van der Waals surface area (Å²) in [6, 6.07) is 1.84. The smallest absolute Gasteiger partial charge is 0.350 e. The highest BCUT2D eigenvalue weighted by atomic mass is 32.2. The third-order valence-corrected chi connectivity index (χ3v) is 6.07. The van der Waals surface area contributed by atoms with Crippen LogP contribution in [0.3, 0.4) is 0 Å². The molecule has 0 saturated carbocycles. The lowest BCUT2D eigenvalue weighted by Crippen LogP contribution is -2.37. The van der Waals surface area contributed by atoms with Crippen molar-refractivity contribution in [3.8, 4) is 0 Å². The Morgan fingerprint density at radius 3 is 2.45 bits per heavy atom. The maximum atomic E-state index is 13.5. The second kappa shape index (κ2) is 11.1. The topological polar surface area (TPSA) is 58.2 Å². The number of thiophene rings is 1. The van der Waals surface area contributed by atoms with E-state index >= 15 is 0 Å². The Morgan fingerprint density at radius 2 is 1.85 bits per heavy atom. The highest BCUT2D eigenvalue weighted by molar-refractivity contribution is 7.99. The van der Waals surface area contributed by atoms with Crippen molar-refractivity contribution < 1.29 is 35.9 Å². The average Bonchev–Trinajstić information content (AvgIpc) is 3.07. The molecule has 0 fully saturated rings. The molecule has 0 bridgehead atoms. The van der Waals surface area contributed by atoms with E-state index in [9.17, 15) is 35.9 Å². The van der Waals surface area contributed by atoms with Crippen molar-refractivity contribution in [3.63, 3.8) is 0 Å². The first-order chi connectivity index (χ1) is 15.3. The van der Waals surface area contributed by atoms with Gasteiger partial charge >= 0.3 is 12.4 Å². The largest absolute Gasteiger partial charge is 0.416 e. The van der Waals surface area contributed by atoms with Gasteiger partial charge in [0.05, 0.1) is 17.9 Å². The Labute approximate surface area is 194 Å². The minimum Gasteiger partial charge on any atom is -0.350 e. The van der Waals surface area contributed by atoms with Crippen LogP contribution in [0.2, 0.25) is 0 Å². The zero-order valence-corrected chi connectivity index (χ0v) is 19.1. The van der Waals surface area contributed by atoms with E-state index in [1.54, 1.807) is 24.6 Å². The molecule has 0 aliphatic carbocycles. The van der Waals surface area contributed by atoms with Crippen LogP contribution in [0.5, 0.6) is 0 Å². The van der Waals surface area contributed by atoms with Gasteiger partial charge in [0.2, 0.25) is 11.8 Å². The lowest BCUT2D eigenvalue weighted by Gasteiger charge is -2.22. The molecule has 1 atom stereocenters. The standard InChI is InChI=1S/C21H20F6N2O2S2/c1-12-8-15(33-16(12)10-28-18(31)11-32-2)6-7-17(30)29-19(21(25,26)27)13-4-3-5-14(9-13)20(22,23)24/h3-9,19H,10-11H2,1-2H3,(H,28,31)(H,29,30)/b7-6+. The summed E-state index contributed by atoms with van der Waals surface area (Å²) in [7, 11) is 0. The average molecular weight is 511 g/mol. The Morgan fingerprint density at radius 1 is 1.15 bits per heavy atom. The first-order valence-electron chi connectivity index (χ1n) is 9.38. The van der Waals surface area contributed by atoms with E-state index in [1.165, 1.54) is 29.2 Å². The molecule has 0 radical (unpaired) electrons. The number of hydrogen-bond donors (Lipinski definition) is 2. The number of aryl methyl sites for hydroxylation is 1. The fourth-order valence-corrected chi connectivity index (χ4v) is 4.15. The molecule has 180 valence electrons. The van der Waals surface area contributed by atoms with E-state index in [1.807, 2.05) is 0 Å². The molecular weight excluding hydrogens is 490 g/mol. The van der Waals surface area contributed by atoms with Crippen LogP contribution < -0.4 is 10.6 Å². The molecule has 2 amide bonds. The van der Waals surface area contributed by atoms with Crippen LogP contribution >= 0.6 is 23.1 Å². The number of nitrogens with one attached hydrogen (secondary N) is 2. The molecule has 1 aromatic carbocycles. The van der Waals surface area contributed by atoms with E-state index in [-0.39, 0.29) is 12.5 Å². The monoisotopic (exact) mass is 510 g/mol. The van der Waals surface area contributed by atoms with E-state index < -0.39 is 35.4 Å². The molecule has 0 saturated heterocycles. The minimum absolute atomic E-state index is 0.139. The van der Waals surface area contributed by atoms with Crippen molar-refractivity contribution in [2.75, 3.05) is 12.0 Å². The highest BCUT2D eigenvalue weighted by Crippen LogP contribution is 2.36. The zero-order chi connectivity index (χ0) is 24.8. The fourth-order valence-electron chi connectivity index (χ4n) is 2.76. The molecule has 1 unspecified atom stereocenters. The Hall–Kier alpha value is -2.47. The van der Waals surface area contributed by atoms with E-state index in [0.29, 0.717) is 22.8 Å². The summed E-state index contributed by atoms with van der Waals surface area (Å²) >= 11 is 2.62. The van der Waals surface area contributed by atoms with E-state index in [2.05, 4.69) is 5.32 Å². The first kappa shape index (κ1) is 26.8. The first-order valence-corrected chi connectivity index (χ1v) is 11.6. The van der Waals surface area contributed by atoms with Crippen LogP contribution in [-0.4, -0.2) is 30.0 Å². The number of benzene rings is 1. The molecule has 2 N–H and O–H groups in total. The van der Waals surface area contributed by atoms with E-state index in [4.69, 9.17) is 0 Å². The molecule has 0 aliphatic rings. The third-order valence-electron chi connectivity index (χ3n) is 4.32. The van der Waals surface area contributed by atoms with Crippen molar-refractivity contribution in [1.29, 1.82) is 0 Å². The molecule has 0 aliphatic heterocycles.